The molecule has 3 heterocycles. The smallest absolute Gasteiger partial charge is 0.343 e. The second-order valence-corrected chi connectivity index (χ2v) is 7.94. The van der Waals surface area contributed by atoms with Gasteiger partial charge in [0, 0.05) is 0 Å². The van der Waals surface area contributed by atoms with Crippen molar-refractivity contribution in [3.8, 4) is 0 Å². The summed E-state index contributed by atoms with van der Waals surface area (Å²) in [5.41, 5.74) is 0. The molecule has 0 aromatic heterocycles. The zero-order valence-electron chi connectivity index (χ0n) is 11.6. The van der Waals surface area contributed by atoms with Crippen LogP contribution in [0.2, 0.25) is 0 Å². The molecule has 2 N–H and O–H groups in total. The van der Waals surface area contributed by atoms with Crippen molar-refractivity contribution in [1.82, 2.24) is 0 Å². The van der Waals surface area contributed by atoms with Crippen LogP contribution in [0, 0.1) is 0 Å². The van der Waals surface area contributed by atoms with Crippen LogP contribution < -0.4 is 5.14 Å². The number of fused-ring (bicyclic) bond motifs is 3. The average Bonchev–Trinajstić information content (AvgIpc) is 2.78. The lowest BCUT2D eigenvalue weighted by molar-refractivity contribution is -0.290. The maximum atomic E-state index is 11.4. The molecule has 0 bridgehead atoms. The number of rotatable bonds is 3. The van der Waals surface area contributed by atoms with Crippen molar-refractivity contribution in [3.05, 3.63) is 0 Å². The van der Waals surface area contributed by atoms with Gasteiger partial charge in [0.2, 0.25) is 5.79 Å². The van der Waals surface area contributed by atoms with E-state index in [9.17, 15) is 16.8 Å². The number of nitrogens with two attached hydrogens (primary N) is 1. The van der Waals surface area contributed by atoms with Crippen molar-refractivity contribution in [3.63, 3.8) is 0 Å². The van der Waals surface area contributed by atoms with E-state index in [0.717, 1.165) is 0 Å². The summed E-state index contributed by atoms with van der Waals surface area (Å²) < 4.78 is 75.6. The molecule has 3 rings (SSSR count). The van der Waals surface area contributed by atoms with Gasteiger partial charge in [-0.2, -0.15) is 16.8 Å². The fourth-order valence-electron chi connectivity index (χ4n) is 2.66. The fraction of sp³-hybridized carbons (Fsp3) is 1.00. The van der Waals surface area contributed by atoms with Gasteiger partial charge in [0.15, 0.2) is 5.79 Å². The molecular formula is C9H15NO10S2. The van der Waals surface area contributed by atoms with E-state index in [2.05, 4.69) is 4.18 Å². The molecule has 11 nitrogen and oxygen atoms in total. The molecule has 0 spiro atoms. The van der Waals surface area contributed by atoms with E-state index in [1.165, 1.54) is 0 Å². The van der Waals surface area contributed by atoms with E-state index in [4.69, 9.17) is 27.7 Å². The molecule has 3 aliphatic heterocycles. The monoisotopic (exact) mass is 361 g/mol. The Labute approximate surface area is 127 Å². The second-order valence-electron chi connectivity index (χ2n) is 5.52. The minimum Gasteiger partial charge on any atom is -0.343 e. The summed E-state index contributed by atoms with van der Waals surface area (Å²) in [6.07, 6.45) is -3.06. The second kappa shape index (κ2) is 4.81. The largest absolute Gasteiger partial charge is 0.400 e. The summed E-state index contributed by atoms with van der Waals surface area (Å²) in [6, 6.07) is 0. The first-order chi connectivity index (χ1) is 9.92. The standard InChI is InChI=1S/C9H15NO10S2/c1-8(2)17-7-6-5(18-22(13,14)19-6)3-15-9(7,20-8)4-16-21(10,11)12/h5-7H,3-4H2,1-2H3,(H2,10,11,12). The van der Waals surface area contributed by atoms with E-state index in [1.54, 1.807) is 13.8 Å². The molecule has 4 atom stereocenters. The van der Waals surface area contributed by atoms with Crippen LogP contribution in [0.25, 0.3) is 0 Å². The fourth-order valence-corrected chi connectivity index (χ4v) is 4.00. The Kier molecular flexibility index (Phi) is 3.60. The van der Waals surface area contributed by atoms with Crippen LogP contribution in [0.4, 0.5) is 0 Å². The third kappa shape index (κ3) is 3.00. The first kappa shape index (κ1) is 16.5. The van der Waals surface area contributed by atoms with Crippen molar-refractivity contribution in [1.29, 1.82) is 0 Å². The molecule has 22 heavy (non-hydrogen) atoms. The van der Waals surface area contributed by atoms with Gasteiger partial charge in [-0.25, -0.2) is 13.5 Å². The summed E-state index contributed by atoms with van der Waals surface area (Å²) in [5.74, 6) is -2.86. The number of hydrogen-bond acceptors (Lipinski definition) is 10. The molecule has 4 unspecified atom stereocenters. The van der Waals surface area contributed by atoms with Crippen LogP contribution in [-0.2, 0) is 47.5 Å². The Hall–Kier alpha value is -0.380. The predicted molar refractivity (Wildman–Crippen MR) is 66.4 cm³/mol. The molecule has 3 saturated heterocycles. The first-order valence-electron chi connectivity index (χ1n) is 6.22. The Morgan fingerprint density at radius 2 is 2.00 bits per heavy atom. The summed E-state index contributed by atoms with van der Waals surface area (Å²) in [6.45, 7) is 2.26. The molecular weight excluding hydrogens is 346 g/mol. The van der Waals surface area contributed by atoms with Crippen LogP contribution in [0.3, 0.4) is 0 Å². The maximum absolute atomic E-state index is 11.4. The van der Waals surface area contributed by atoms with Crippen molar-refractivity contribution in [2.75, 3.05) is 13.2 Å². The molecule has 3 aliphatic rings. The van der Waals surface area contributed by atoms with Gasteiger partial charge in [-0.05, 0) is 13.8 Å². The van der Waals surface area contributed by atoms with E-state index in [0.29, 0.717) is 0 Å². The molecule has 0 aromatic rings. The van der Waals surface area contributed by atoms with Gasteiger partial charge in [0.1, 0.15) is 24.9 Å². The van der Waals surface area contributed by atoms with Crippen LogP contribution >= 0.6 is 0 Å². The quantitative estimate of drug-likeness (QED) is 0.604. The summed E-state index contributed by atoms with van der Waals surface area (Å²) in [5, 5.41) is 4.80. The average molecular weight is 361 g/mol. The van der Waals surface area contributed by atoms with Gasteiger partial charge in [-0.15, -0.1) is 0 Å². The van der Waals surface area contributed by atoms with Crippen molar-refractivity contribution in [2.24, 2.45) is 5.14 Å². The molecule has 3 fully saturated rings. The highest BCUT2D eigenvalue weighted by Crippen LogP contribution is 2.46. The Balaban J connectivity index is 1.90. The van der Waals surface area contributed by atoms with Crippen LogP contribution in [0.1, 0.15) is 13.8 Å². The first-order valence-corrected chi connectivity index (χ1v) is 9.03. The summed E-state index contributed by atoms with van der Waals surface area (Å²) in [4.78, 5) is 0. The van der Waals surface area contributed by atoms with Crippen molar-refractivity contribution >= 4 is 20.7 Å². The summed E-state index contributed by atoms with van der Waals surface area (Å²) in [7, 11) is -8.43. The zero-order chi connectivity index (χ0) is 16.4. The Morgan fingerprint density at radius 1 is 1.32 bits per heavy atom. The van der Waals surface area contributed by atoms with Gasteiger partial charge < -0.3 is 14.2 Å². The number of hydrogen-bond donors (Lipinski definition) is 1. The van der Waals surface area contributed by atoms with Gasteiger partial charge in [-0.1, -0.05) is 0 Å². The van der Waals surface area contributed by atoms with E-state index in [1.807, 2.05) is 0 Å². The lowest BCUT2D eigenvalue weighted by Gasteiger charge is -2.39. The van der Waals surface area contributed by atoms with Crippen LogP contribution in [0.15, 0.2) is 0 Å². The summed E-state index contributed by atoms with van der Waals surface area (Å²) >= 11 is 0. The zero-order valence-corrected chi connectivity index (χ0v) is 13.3. The van der Waals surface area contributed by atoms with Crippen LogP contribution in [0.5, 0.6) is 0 Å². The molecule has 0 aromatic carbocycles. The molecule has 0 saturated carbocycles. The van der Waals surface area contributed by atoms with Crippen LogP contribution in [-0.4, -0.2) is 59.9 Å². The lowest BCUT2D eigenvalue weighted by atomic mass is 9.98. The van der Waals surface area contributed by atoms with E-state index in [-0.39, 0.29) is 6.61 Å². The van der Waals surface area contributed by atoms with Gasteiger partial charge >= 0.3 is 20.7 Å². The Bertz CT molecular complexity index is 673. The highest BCUT2D eigenvalue weighted by molar-refractivity contribution is 7.84. The van der Waals surface area contributed by atoms with Crippen molar-refractivity contribution in [2.45, 2.75) is 43.7 Å². The van der Waals surface area contributed by atoms with Gasteiger partial charge in [0.05, 0.1) is 6.61 Å². The van der Waals surface area contributed by atoms with Gasteiger partial charge in [-0.3, -0.25) is 4.18 Å². The highest BCUT2D eigenvalue weighted by atomic mass is 32.3. The predicted octanol–water partition coefficient (Wildman–Crippen LogP) is -1.89. The van der Waals surface area contributed by atoms with E-state index >= 15 is 0 Å². The third-order valence-corrected chi connectivity index (χ3v) is 4.70. The molecule has 0 aliphatic carbocycles. The topological polar surface area (TPSA) is 150 Å². The lowest BCUT2D eigenvalue weighted by Crippen LogP contribution is -2.60. The molecule has 0 radical (unpaired) electrons. The maximum Gasteiger partial charge on any atom is 0.400 e. The highest BCUT2D eigenvalue weighted by Gasteiger charge is 2.66. The minimum absolute atomic E-state index is 0.214. The molecule has 13 heteroatoms. The third-order valence-electron chi connectivity index (χ3n) is 3.31. The van der Waals surface area contributed by atoms with Gasteiger partial charge in [0.25, 0.3) is 0 Å². The molecule has 0 amide bonds. The van der Waals surface area contributed by atoms with Crippen molar-refractivity contribution < 1.29 is 43.6 Å². The molecule has 128 valence electrons. The minimum atomic E-state index is -4.26. The SMILES string of the molecule is CC1(C)OC2C3OS(=O)(=O)OC3COC2(COS(N)(=O)=O)O1. The van der Waals surface area contributed by atoms with E-state index < -0.39 is 57.2 Å². The number of ether oxygens (including phenoxy) is 3. The normalized spacial score (nSPS) is 42.8. The Morgan fingerprint density at radius 3 is 2.64 bits per heavy atom.